The second-order valence-electron chi connectivity index (χ2n) is 6.31. The predicted octanol–water partition coefficient (Wildman–Crippen LogP) is 2.76. The highest BCUT2D eigenvalue weighted by molar-refractivity contribution is 6.00. The van der Waals surface area contributed by atoms with Gasteiger partial charge in [0.05, 0.1) is 11.1 Å². The van der Waals surface area contributed by atoms with E-state index in [1.165, 1.54) is 5.06 Å². The van der Waals surface area contributed by atoms with Crippen LogP contribution in [0.5, 0.6) is 0 Å². The fourth-order valence-corrected chi connectivity index (χ4v) is 2.07. The van der Waals surface area contributed by atoms with Crippen molar-refractivity contribution in [3.8, 4) is 0 Å². The molecule has 0 saturated carbocycles. The third-order valence-electron chi connectivity index (χ3n) is 4.25. The molecule has 1 N–H and O–H groups in total. The monoisotopic (exact) mass is 261 g/mol. The summed E-state index contributed by atoms with van der Waals surface area (Å²) in [6, 6.07) is 8.05. The molecule has 0 amide bonds. The first kappa shape index (κ1) is 13.9. The number of benzene rings is 1. The van der Waals surface area contributed by atoms with Gasteiger partial charge in [0.2, 0.25) is 0 Å². The summed E-state index contributed by atoms with van der Waals surface area (Å²) >= 11 is 0. The molecule has 1 aliphatic rings. The highest BCUT2D eigenvalue weighted by Gasteiger charge is 2.49. The standard InChI is InChI=1S/C15H23N3O/c1-14(2)15(3,4)18(19)13(16-14)11-7-9-12(10-8-11)17(5)6/h7-10,19H,1-6H3. The molecular formula is C15H23N3O. The van der Waals surface area contributed by atoms with Crippen LogP contribution in [0, 0.1) is 0 Å². The van der Waals surface area contributed by atoms with Crippen LogP contribution in [0.4, 0.5) is 5.69 Å². The molecule has 4 heteroatoms. The molecule has 104 valence electrons. The zero-order valence-corrected chi connectivity index (χ0v) is 12.6. The highest BCUT2D eigenvalue weighted by atomic mass is 16.5. The normalized spacial score (nSPS) is 20.4. The minimum atomic E-state index is -0.414. The quantitative estimate of drug-likeness (QED) is 0.889. The van der Waals surface area contributed by atoms with E-state index in [0.29, 0.717) is 5.84 Å². The smallest absolute Gasteiger partial charge is 0.156 e. The molecule has 0 bridgehead atoms. The van der Waals surface area contributed by atoms with Crippen LogP contribution in [0.15, 0.2) is 29.3 Å². The van der Waals surface area contributed by atoms with Crippen LogP contribution in [0.3, 0.4) is 0 Å². The van der Waals surface area contributed by atoms with Crippen molar-refractivity contribution in [3.63, 3.8) is 0 Å². The predicted molar refractivity (Wildman–Crippen MR) is 79.1 cm³/mol. The SMILES string of the molecule is CN(C)c1ccc(C2=NC(C)(C)C(C)(C)N2O)cc1. The first-order chi connectivity index (χ1) is 8.67. The van der Waals surface area contributed by atoms with Gasteiger partial charge in [0, 0.05) is 25.3 Å². The summed E-state index contributed by atoms with van der Waals surface area (Å²) in [6.07, 6.45) is 0. The zero-order chi connectivity index (χ0) is 14.4. The third kappa shape index (κ3) is 2.10. The van der Waals surface area contributed by atoms with Crippen molar-refractivity contribution in [2.24, 2.45) is 4.99 Å². The minimum Gasteiger partial charge on any atom is -0.378 e. The number of aliphatic imine (C=N–C) groups is 1. The molecule has 1 aromatic rings. The van der Waals surface area contributed by atoms with Crippen molar-refractivity contribution in [1.82, 2.24) is 5.06 Å². The highest BCUT2D eigenvalue weighted by Crippen LogP contribution is 2.37. The van der Waals surface area contributed by atoms with E-state index in [9.17, 15) is 5.21 Å². The summed E-state index contributed by atoms with van der Waals surface area (Å²) in [4.78, 5) is 6.72. The number of hydroxylamine groups is 2. The topological polar surface area (TPSA) is 39.1 Å². The second kappa shape index (κ2) is 4.23. The van der Waals surface area contributed by atoms with E-state index in [2.05, 4.69) is 4.99 Å². The molecule has 0 aromatic heterocycles. The van der Waals surface area contributed by atoms with E-state index in [1.54, 1.807) is 0 Å². The second-order valence-corrected chi connectivity index (χ2v) is 6.31. The maximum Gasteiger partial charge on any atom is 0.156 e. The summed E-state index contributed by atoms with van der Waals surface area (Å²) in [5.74, 6) is 0.639. The fraction of sp³-hybridized carbons (Fsp3) is 0.533. The van der Waals surface area contributed by atoms with E-state index in [4.69, 9.17) is 0 Å². The van der Waals surface area contributed by atoms with Crippen LogP contribution in [-0.4, -0.2) is 41.3 Å². The van der Waals surface area contributed by atoms with Crippen molar-refractivity contribution in [3.05, 3.63) is 29.8 Å². The lowest BCUT2D eigenvalue weighted by Gasteiger charge is -2.36. The lowest BCUT2D eigenvalue weighted by molar-refractivity contribution is -0.0992. The van der Waals surface area contributed by atoms with Gasteiger partial charge in [-0.15, -0.1) is 0 Å². The van der Waals surface area contributed by atoms with Gasteiger partial charge >= 0.3 is 0 Å². The molecule has 0 saturated heterocycles. The van der Waals surface area contributed by atoms with Crippen LogP contribution in [0.1, 0.15) is 33.3 Å². The van der Waals surface area contributed by atoms with Crippen LogP contribution < -0.4 is 4.90 Å². The number of nitrogens with zero attached hydrogens (tertiary/aromatic N) is 3. The molecule has 0 unspecified atom stereocenters. The fourth-order valence-electron chi connectivity index (χ4n) is 2.07. The summed E-state index contributed by atoms with van der Waals surface area (Å²) in [5, 5.41) is 11.7. The average molecular weight is 261 g/mol. The van der Waals surface area contributed by atoms with Gasteiger partial charge in [-0.3, -0.25) is 10.2 Å². The van der Waals surface area contributed by atoms with Gasteiger partial charge in [-0.25, -0.2) is 5.06 Å². The average Bonchev–Trinajstić information content (AvgIpc) is 2.49. The first-order valence-corrected chi connectivity index (χ1v) is 6.53. The largest absolute Gasteiger partial charge is 0.378 e. The molecule has 1 heterocycles. The van der Waals surface area contributed by atoms with E-state index >= 15 is 0 Å². The van der Waals surface area contributed by atoms with Crippen molar-refractivity contribution < 1.29 is 5.21 Å². The first-order valence-electron chi connectivity index (χ1n) is 6.53. The lowest BCUT2D eigenvalue weighted by atomic mass is 9.84. The maximum atomic E-state index is 10.4. The Morgan fingerprint density at radius 3 is 1.95 bits per heavy atom. The summed E-state index contributed by atoms with van der Waals surface area (Å²) in [6.45, 7) is 8.07. The van der Waals surface area contributed by atoms with Crippen molar-refractivity contribution in [1.29, 1.82) is 0 Å². The molecule has 1 aliphatic heterocycles. The molecule has 0 atom stereocenters. The summed E-state index contributed by atoms with van der Waals surface area (Å²) < 4.78 is 0. The molecule has 0 spiro atoms. The molecule has 0 radical (unpaired) electrons. The Kier molecular flexibility index (Phi) is 3.09. The number of hydrogen-bond donors (Lipinski definition) is 1. The van der Waals surface area contributed by atoms with Crippen molar-refractivity contribution in [2.45, 2.75) is 38.8 Å². The Hall–Kier alpha value is -1.55. The molecule has 1 aromatic carbocycles. The van der Waals surface area contributed by atoms with Gasteiger partial charge in [0.1, 0.15) is 0 Å². The van der Waals surface area contributed by atoms with Crippen molar-refractivity contribution in [2.75, 3.05) is 19.0 Å². The molecule has 19 heavy (non-hydrogen) atoms. The number of amidine groups is 1. The van der Waals surface area contributed by atoms with E-state index < -0.39 is 5.54 Å². The third-order valence-corrected chi connectivity index (χ3v) is 4.25. The van der Waals surface area contributed by atoms with Gasteiger partial charge in [-0.2, -0.15) is 0 Å². The molecule has 2 rings (SSSR count). The molecule has 4 nitrogen and oxygen atoms in total. The summed E-state index contributed by atoms with van der Waals surface area (Å²) in [7, 11) is 4.01. The Bertz CT molecular complexity index is 501. The maximum absolute atomic E-state index is 10.4. The lowest BCUT2D eigenvalue weighted by Crippen LogP contribution is -2.51. The Morgan fingerprint density at radius 1 is 1.05 bits per heavy atom. The van der Waals surface area contributed by atoms with Crippen molar-refractivity contribution >= 4 is 11.5 Å². The molecule has 0 fully saturated rings. The number of rotatable bonds is 2. The number of anilines is 1. The van der Waals surface area contributed by atoms with Gasteiger partial charge < -0.3 is 4.90 Å². The van der Waals surface area contributed by atoms with Crippen LogP contribution in [0.2, 0.25) is 0 Å². The molecular weight excluding hydrogens is 238 g/mol. The minimum absolute atomic E-state index is 0.322. The van der Waals surface area contributed by atoms with E-state index in [0.717, 1.165) is 11.3 Å². The Labute approximate surface area is 115 Å². The molecule has 0 aliphatic carbocycles. The Balaban J connectivity index is 2.38. The van der Waals surface area contributed by atoms with Gasteiger partial charge in [-0.1, -0.05) is 0 Å². The van der Waals surface area contributed by atoms with E-state index in [1.807, 2.05) is 71.0 Å². The van der Waals surface area contributed by atoms with Crippen LogP contribution in [-0.2, 0) is 0 Å². The van der Waals surface area contributed by atoms with Gasteiger partial charge in [-0.05, 0) is 52.0 Å². The van der Waals surface area contributed by atoms with E-state index in [-0.39, 0.29) is 5.54 Å². The number of hydrogen-bond acceptors (Lipinski definition) is 4. The zero-order valence-electron chi connectivity index (χ0n) is 12.6. The van der Waals surface area contributed by atoms with Crippen LogP contribution >= 0.6 is 0 Å². The van der Waals surface area contributed by atoms with Gasteiger partial charge in [0.25, 0.3) is 0 Å². The van der Waals surface area contributed by atoms with Gasteiger partial charge in [0.15, 0.2) is 5.84 Å². The summed E-state index contributed by atoms with van der Waals surface area (Å²) in [5.41, 5.74) is 1.33. The van der Waals surface area contributed by atoms with Crippen LogP contribution in [0.25, 0.3) is 0 Å². The Morgan fingerprint density at radius 2 is 1.58 bits per heavy atom.